The first kappa shape index (κ1) is 10.1. The van der Waals surface area contributed by atoms with Gasteiger partial charge in [0.1, 0.15) is 0 Å². The van der Waals surface area contributed by atoms with Crippen molar-refractivity contribution in [3.05, 3.63) is 12.7 Å². The zero-order chi connectivity index (χ0) is 6.28. The Balaban J connectivity index is 0. The van der Waals surface area contributed by atoms with E-state index in [1.54, 1.807) is 6.08 Å². The lowest BCUT2D eigenvalue weighted by Gasteiger charge is -1.48. The van der Waals surface area contributed by atoms with Crippen LogP contribution in [0.25, 0.3) is 0 Å². The number of allylic oxidation sites excluding steroid dienone is 1. The molecule has 0 radical (unpaired) electrons. The smallest absolute Gasteiger partial charge is 0.262 e. The lowest BCUT2D eigenvalue weighted by atomic mass is 10.8. The van der Waals surface area contributed by atoms with E-state index in [2.05, 4.69) is 29.8 Å². The van der Waals surface area contributed by atoms with Gasteiger partial charge in [0.15, 0.2) is 0 Å². The van der Waals surface area contributed by atoms with Crippen LogP contribution in [-0.2, 0) is 0 Å². The Kier molecular flexibility index (Phi) is 13.5. The van der Waals surface area contributed by atoms with E-state index < -0.39 is 4.70 Å². The summed E-state index contributed by atoms with van der Waals surface area (Å²) in [5.74, 6) is 0. The van der Waals surface area contributed by atoms with Crippen molar-refractivity contribution in [1.82, 2.24) is 0 Å². The van der Waals surface area contributed by atoms with Gasteiger partial charge in [0.2, 0.25) is 0 Å². The lowest BCUT2D eigenvalue weighted by molar-refractivity contribution is 0.275. The minimum Gasteiger partial charge on any atom is -0.262 e. The lowest BCUT2D eigenvalue weighted by Crippen LogP contribution is -1.46. The average molecular weight is 141 g/mol. The van der Waals surface area contributed by atoms with Gasteiger partial charge in [-0.2, -0.15) is 0 Å². The molecule has 0 spiro atoms. The molecule has 0 fully saturated rings. The van der Waals surface area contributed by atoms with Gasteiger partial charge in [-0.25, -0.2) is 0 Å². The molecule has 0 aliphatic carbocycles. The topological polar surface area (TPSA) is 17.1 Å². The minimum atomic E-state index is -0.889. The summed E-state index contributed by atoms with van der Waals surface area (Å²) in [6.45, 7) is 5.25. The van der Waals surface area contributed by atoms with Crippen LogP contribution in [0.15, 0.2) is 12.7 Å². The molecule has 0 aromatic carbocycles. The molecule has 0 aromatic rings. The molecular weight excluding hydrogens is 135 g/mol. The molecule has 0 saturated carbocycles. The molecule has 0 heterocycles. The molecule has 0 aromatic heterocycles. The standard InChI is InChI=1S/C3H6.CCl2O/c1-3-2;2-1(3)4/h3H,1H2,2H3;. The summed E-state index contributed by atoms with van der Waals surface area (Å²) in [6, 6.07) is 0. The maximum Gasteiger partial charge on any atom is 0.313 e. The van der Waals surface area contributed by atoms with Crippen LogP contribution >= 0.6 is 23.2 Å². The second-order valence-corrected chi connectivity index (χ2v) is 1.51. The zero-order valence-corrected chi connectivity index (χ0v) is 5.46. The summed E-state index contributed by atoms with van der Waals surface area (Å²) < 4.78 is -0.889. The van der Waals surface area contributed by atoms with Crippen molar-refractivity contribution in [2.24, 2.45) is 0 Å². The Morgan fingerprint density at radius 3 is 1.71 bits per heavy atom. The average Bonchev–Trinajstić information content (AvgIpc) is 1.33. The SMILES string of the molecule is C=CC.O=C(Cl)Cl. The third-order valence-electron chi connectivity index (χ3n) is 0. The first-order chi connectivity index (χ1) is 3.15. The van der Waals surface area contributed by atoms with E-state index in [0.717, 1.165) is 0 Å². The molecule has 0 amide bonds. The number of rotatable bonds is 0. The van der Waals surface area contributed by atoms with E-state index >= 15 is 0 Å². The molecule has 0 aliphatic heterocycles. The largest absolute Gasteiger partial charge is 0.313 e. The summed E-state index contributed by atoms with van der Waals surface area (Å²) in [7, 11) is 0. The Labute approximate surface area is 52.9 Å². The highest BCUT2D eigenvalue weighted by molar-refractivity contribution is 6.93. The van der Waals surface area contributed by atoms with Crippen LogP contribution < -0.4 is 0 Å². The molecule has 3 heteroatoms. The second-order valence-electron chi connectivity index (χ2n) is 0.634. The predicted molar refractivity (Wildman–Crippen MR) is 33.0 cm³/mol. The minimum absolute atomic E-state index is 0.889. The number of hydrogen-bond donors (Lipinski definition) is 0. The van der Waals surface area contributed by atoms with Gasteiger partial charge in [-0.15, -0.1) is 6.58 Å². The summed E-state index contributed by atoms with van der Waals surface area (Å²) in [4.78, 5) is 8.98. The summed E-state index contributed by atoms with van der Waals surface area (Å²) in [5.41, 5.74) is 0. The number of carbonyl (C=O) groups is 1. The van der Waals surface area contributed by atoms with Gasteiger partial charge in [-0.1, -0.05) is 6.08 Å². The van der Waals surface area contributed by atoms with E-state index in [9.17, 15) is 0 Å². The maximum absolute atomic E-state index is 8.98. The van der Waals surface area contributed by atoms with E-state index in [4.69, 9.17) is 4.79 Å². The molecule has 0 bridgehead atoms. The van der Waals surface area contributed by atoms with Crippen LogP contribution in [0.4, 0.5) is 4.79 Å². The highest BCUT2D eigenvalue weighted by atomic mass is 35.5. The van der Waals surface area contributed by atoms with Crippen molar-refractivity contribution in [1.29, 1.82) is 0 Å². The molecule has 0 N–H and O–H groups in total. The van der Waals surface area contributed by atoms with Crippen molar-refractivity contribution in [2.45, 2.75) is 6.92 Å². The van der Waals surface area contributed by atoms with Crippen LogP contribution in [0, 0.1) is 0 Å². The highest BCUT2D eigenvalue weighted by Gasteiger charge is 1.72. The number of halogens is 2. The van der Waals surface area contributed by atoms with Crippen LogP contribution in [0.2, 0.25) is 0 Å². The van der Waals surface area contributed by atoms with Crippen LogP contribution in [0.1, 0.15) is 6.92 Å². The Bertz CT molecular complexity index is 56.7. The van der Waals surface area contributed by atoms with Gasteiger partial charge < -0.3 is 0 Å². The predicted octanol–water partition coefficient (Wildman–Crippen LogP) is 2.78. The third-order valence-corrected chi connectivity index (χ3v) is 0. The molecular formula is C4H6Cl2O. The summed E-state index contributed by atoms with van der Waals surface area (Å²) in [6.07, 6.45) is 1.75. The third kappa shape index (κ3) is 954000. The molecule has 0 rings (SSSR count). The van der Waals surface area contributed by atoms with E-state index in [0.29, 0.717) is 0 Å². The van der Waals surface area contributed by atoms with Crippen LogP contribution in [0.3, 0.4) is 0 Å². The van der Waals surface area contributed by atoms with Gasteiger partial charge in [0.25, 0.3) is 0 Å². The molecule has 0 unspecified atom stereocenters. The van der Waals surface area contributed by atoms with Gasteiger partial charge >= 0.3 is 4.70 Å². The summed E-state index contributed by atoms with van der Waals surface area (Å²) in [5, 5.41) is 0. The van der Waals surface area contributed by atoms with Crippen LogP contribution in [0.5, 0.6) is 0 Å². The van der Waals surface area contributed by atoms with E-state index in [1.807, 2.05) is 6.92 Å². The maximum atomic E-state index is 8.98. The first-order valence-corrected chi connectivity index (χ1v) is 2.32. The Hall–Kier alpha value is -0.0100. The molecule has 1 nitrogen and oxygen atoms in total. The fourth-order valence-electron chi connectivity index (χ4n) is 0. The van der Waals surface area contributed by atoms with E-state index in [-0.39, 0.29) is 0 Å². The van der Waals surface area contributed by atoms with Gasteiger partial charge in [0, 0.05) is 0 Å². The van der Waals surface area contributed by atoms with Crippen LogP contribution in [-0.4, -0.2) is 4.70 Å². The zero-order valence-electron chi connectivity index (χ0n) is 3.95. The molecule has 42 valence electrons. The molecule has 0 saturated heterocycles. The normalized spacial score (nSPS) is 5.57. The molecule has 7 heavy (non-hydrogen) atoms. The number of hydrogen-bond acceptors (Lipinski definition) is 1. The van der Waals surface area contributed by atoms with Crippen molar-refractivity contribution < 1.29 is 4.79 Å². The van der Waals surface area contributed by atoms with Crippen molar-refractivity contribution >= 4 is 27.9 Å². The fourth-order valence-corrected chi connectivity index (χ4v) is 0. The van der Waals surface area contributed by atoms with Crippen molar-refractivity contribution in [3.63, 3.8) is 0 Å². The van der Waals surface area contributed by atoms with Crippen molar-refractivity contribution in [2.75, 3.05) is 0 Å². The molecule has 0 atom stereocenters. The first-order valence-electron chi connectivity index (χ1n) is 1.57. The highest BCUT2D eigenvalue weighted by Crippen LogP contribution is 1.84. The Morgan fingerprint density at radius 1 is 1.71 bits per heavy atom. The quantitative estimate of drug-likeness (QED) is 0.374. The number of carbonyl (C=O) groups excluding carboxylic acids is 1. The second kappa shape index (κ2) is 9.37. The molecule has 0 aliphatic rings. The van der Waals surface area contributed by atoms with Crippen molar-refractivity contribution in [3.8, 4) is 0 Å². The van der Waals surface area contributed by atoms with E-state index in [1.165, 1.54) is 0 Å². The van der Waals surface area contributed by atoms with Gasteiger partial charge in [-0.05, 0) is 30.1 Å². The van der Waals surface area contributed by atoms with Gasteiger partial charge in [-0.3, -0.25) is 4.79 Å². The fraction of sp³-hybridized carbons (Fsp3) is 0.250. The summed E-state index contributed by atoms with van der Waals surface area (Å²) >= 11 is 8.80. The Morgan fingerprint density at radius 2 is 1.71 bits per heavy atom. The van der Waals surface area contributed by atoms with Gasteiger partial charge in [0.05, 0.1) is 0 Å². The monoisotopic (exact) mass is 140 g/mol.